The molecule has 0 N–H and O–H groups in total. The number of nitrogens with zero attached hydrogens (tertiary/aromatic N) is 3. The zero-order valence-electron chi connectivity index (χ0n) is 15.9. The van der Waals surface area contributed by atoms with Crippen LogP contribution < -0.4 is 19.0 Å². The van der Waals surface area contributed by atoms with Crippen LogP contribution in [0.2, 0.25) is 0 Å². The van der Waals surface area contributed by atoms with Crippen molar-refractivity contribution >= 4 is 17.6 Å². The van der Waals surface area contributed by atoms with Gasteiger partial charge in [0, 0.05) is 17.0 Å². The Morgan fingerprint density at radius 3 is 2.54 bits per heavy atom. The highest BCUT2D eigenvalue weighted by molar-refractivity contribution is 7.07. The van der Waals surface area contributed by atoms with Gasteiger partial charge in [-0.3, -0.25) is 4.99 Å². The summed E-state index contributed by atoms with van der Waals surface area (Å²) in [5, 5.41) is 6.57. The predicted octanol–water partition coefficient (Wildman–Crippen LogP) is 3.80. The molecule has 0 radical (unpaired) electrons. The number of rotatable bonds is 8. The normalized spacial score (nSPS) is 11.8. The molecule has 0 aliphatic carbocycles. The van der Waals surface area contributed by atoms with E-state index in [1.54, 1.807) is 56.7 Å². The molecule has 28 heavy (non-hydrogen) atoms. The molecule has 0 fully saturated rings. The van der Waals surface area contributed by atoms with Crippen LogP contribution in [0.1, 0.15) is 5.56 Å². The molecule has 0 aliphatic heterocycles. The molecule has 3 aromatic rings. The molecule has 0 aliphatic rings. The van der Waals surface area contributed by atoms with Crippen molar-refractivity contribution in [2.45, 2.75) is 0 Å². The Labute approximate surface area is 166 Å². The first-order valence-electron chi connectivity index (χ1n) is 8.42. The molecule has 7 nitrogen and oxygen atoms in total. The third-order valence-electron chi connectivity index (χ3n) is 3.86. The fraction of sp³-hybridized carbons (Fsp3) is 0.200. The molecule has 2 heterocycles. The number of benzene rings is 1. The minimum absolute atomic E-state index is 0.493. The molecule has 0 amide bonds. The van der Waals surface area contributed by atoms with E-state index in [1.165, 1.54) is 11.3 Å². The first kappa shape index (κ1) is 19.5. The Morgan fingerprint density at radius 1 is 1.14 bits per heavy atom. The lowest BCUT2D eigenvalue weighted by Crippen LogP contribution is -2.12. The second kappa shape index (κ2) is 9.09. The van der Waals surface area contributed by atoms with Gasteiger partial charge in [-0.1, -0.05) is 6.08 Å². The second-order valence-corrected chi connectivity index (χ2v) is 6.35. The van der Waals surface area contributed by atoms with Crippen LogP contribution >= 0.6 is 11.3 Å². The predicted molar refractivity (Wildman–Crippen MR) is 110 cm³/mol. The summed E-state index contributed by atoms with van der Waals surface area (Å²) in [6.07, 6.45) is 5.05. The van der Waals surface area contributed by atoms with Crippen LogP contribution in [0.4, 0.5) is 0 Å². The highest BCUT2D eigenvalue weighted by Crippen LogP contribution is 2.33. The average Bonchev–Trinajstić information content (AvgIpc) is 3.39. The lowest BCUT2D eigenvalue weighted by molar-refractivity contribution is 0.349. The van der Waals surface area contributed by atoms with Gasteiger partial charge in [0.2, 0.25) is 4.80 Å². The van der Waals surface area contributed by atoms with E-state index < -0.39 is 0 Å². The molecular weight excluding hydrogens is 378 g/mol. The van der Waals surface area contributed by atoms with Gasteiger partial charge in [0.05, 0.1) is 40.4 Å². The number of ether oxygens (including phenoxy) is 3. The van der Waals surface area contributed by atoms with Crippen LogP contribution in [0.25, 0.3) is 11.5 Å². The van der Waals surface area contributed by atoms with Crippen LogP contribution in [0.5, 0.6) is 17.2 Å². The van der Waals surface area contributed by atoms with Gasteiger partial charge in [0.25, 0.3) is 0 Å². The van der Waals surface area contributed by atoms with E-state index in [0.717, 1.165) is 16.1 Å². The molecule has 0 saturated heterocycles. The molecule has 0 atom stereocenters. The summed E-state index contributed by atoms with van der Waals surface area (Å²) in [5.74, 6) is 2.48. The van der Waals surface area contributed by atoms with Gasteiger partial charge in [0.15, 0.2) is 17.3 Å². The largest absolute Gasteiger partial charge is 0.496 e. The first-order chi connectivity index (χ1) is 13.7. The third-order valence-corrected chi connectivity index (χ3v) is 4.72. The molecule has 0 bridgehead atoms. The molecular formula is C20H21N3O4S. The summed E-state index contributed by atoms with van der Waals surface area (Å²) in [7, 11) is 4.75. The fourth-order valence-corrected chi connectivity index (χ4v) is 3.36. The standard InChI is InChI=1S/C20H21N3O4S/c1-5-8-21-20-23(15(13-28-20)16-7-6-9-27-16)22-12-14-10-18(25-3)19(26-4)11-17(14)24-2/h5-7,9-13H,1,8H2,2-4H3. The molecule has 2 aromatic heterocycles. The van der Waals surface area contributed by atoms with E-state index in [4.69, 9.17) is 18.6 Å². The van der Waals surface area contributed by atoms with Gasteiger partial charge in [0.1, 0.15) is 11.4 Å². The van der Waals surface area contributed by atoms with E-state index in [0.29, 0.717) is 29.6 Å². The Balaban J connectivity index is 2.09. The van der Waals surface area contributed by atoms with Gasteiger partial charge in [-0.15, -0.1) is 17.9 Å². The van der Waals surface area contributed by atoms with Crippen molar-refractivity contribution < 1.29 is 18.6 Å². The monoisotopic (exact) mass is 399 g/mol. The maximum Gasteiger partial charge on any atom is 0.206 e. The highest BCUT2D eigenvalue weighted by Gasteiger charge is 2.12. The molecule has 0 unspecified atom stereocenters. The van der Waals surface area contributed by atoms with Gasteiger partial charge in [-0.05, 0) is 18.2 Å². The van der Waals surface area contributed by atoms with Crippen LogP contribution in [-0.2, 0) is 0 Å². The summed E-state index contributed by atoms with van der Waals surface area (Å²) in [6.45, 7) is 4.21. The van der Waals surface area contributed by atoms with Crippen molar-refractivity contribution in [2.75, 3.05) is 27.9 Å². The second-order valence-electron chi connectivity index (χ2n) is 5.52. The van der Waals surface area contributed by atoms with E-state index in [2.05, 4.69) is 16.7 Å². The van der Waals surface area contributed by atoms with Gasteiger partial charge >= 0.3 is 0 Å². The van der Waals surface area contributed by atoms with Crippen molar-refractivity contribution in [3.05, 3.63) is 58.9 Å². The molecule has 0 saturated carbocycles. The van der Waals surface area contributed by atoms with Gasteiger partial charge in [-0.2, -0.15) is 5.10 Å². The maximum absolute atomic E-state index is 5.53. The highest BCUT2D eigenvalue weighted by atomic mass is 32.1. The zero-order chi connectivity index (χ0) is 19.9. The van der Waals surface area contributed by atoms with Crippen molar-refractivity contribution in [3.8, 4) is 28.7 Å². The van der Waals surface area contributed by atoms with Gasteiger partial charge in [-0.25, -0.2) is 4.68 Å². The SMILES string of the molecule is C=CCN=c1scc(-c2ccco2)n1N=Cc1cc(OC)c(OC)cc1OC. The summed E-state index contributed by atoms with van der Waals surface area (Å²) in [6, 6.07) is 7.28. The lowest BCUT2D eigenvalue weighted by atomic mass is 10.2. The number of aromatic nitrogens is 1. The maximum atomic E-state index is 5.53. The summed E-state index contributed by atoms with van der Waals surface area (Å²) in [5.41, 5.74) is 1.53. The van der Waals surface area contributed by atoms with Crippen LogP contribution in [-0.4, -0.2) is 38.8 Å². The van der Waals surface area contributed by atoms with Crippen molar-refractivity contribution in [1.82, 2.24) is 4.68 Å². The number of methoxy groups -OCH3 is 3. The number of hydrogen-bond donors (Lipinski definition) is 0. The molecule has 146 valence electrons. The van der Waals surface area contributed by atoms with Crippen molar-refractivity contribution in [1.29, 1.82) is 0 Å². The zero-order valence-corrected chi connectivity index (χ0v) is 16.7. The molecule has 3 rings (SSSR count). The third kappa shape index (κ3) is 4.01. The summed E-state index contributed by atoms with van der Waals surface area (Å²) in [4.78, 5) is 5.23. The fourth-order valence-electron chi connectivity index (χ4n) is 2.53. The number of thiazole rings is 1. The topological polar surface area (TPSA) is 70.5 Å². The van der Waals surface area contributed by atoms with Crippen molar-refractivity contribution in [2.24, 2.45) is 10.1 Å². The summed E-state index contributed by atoms with van der Waals surface area (Å²) >= 11 is 1.47. The Hall–Kier alpha value is -3.26. The lowest BCUT2D eigenvalue weighted by Gasteiger charge is -2.11. The van der Waals surface area contributed by atoms with Crippen LogP contribution in [0, 0.1) is 0 Å². The Morgan fingerprint density at radius 2 is 1.89 bits per heavy atom. The minimum atomic E-state index is 0.493. The molecule has 8 heteroatoms. The summed E-state index contributed by atoms with van der Waals surface area (Å²) < 4.78 is 23.4. The van der Waals surface area contributed by atoms with Crippen LogP contribution in [0.15, 0.2) is 63.1 Å². The van der Waals surface area contributed by atoms with E-state index in [9.17, 15) is 0 Å². The quantitative estimate of drug-likeness (QED) is 0.427. The smallest absolute Gasteiger partial charge is 0.206 e. The van der Waals surface area contributed by atoms with Gasteiger partial charge < -0.3 is 18.6 Å². The van der Waals surface area contributed by atoms with E-state index >= 15 is 0 Å². The first-order valence-corrected chi connectivity index (χ1v) is 9.30. The molecule has 0 spiro atoms. The van der Waals surface area contributed by atoms with Crippen molar-refractivity contribution in [3.63, 3.8) is 0 Å². The molecule has 1 aromatic carbocycles. The number of furan rings is 1. The van der Waals surface area contributed by atoms with E-state index in [-0.39, 0.29) is 0 Å². The van der Waals surface area contributed by atoms with Crippen LogP contribution in [0.3, 0.4) is 0 Å². The average molecular weight is 399 g/mol. The minimum Gasteiger partial charge on any atom is -0.496 e. The Kier molecular flexibility index (Phi) is 6.33. The Bertz CT molecular complexity index is 1030. The number of hydrogen-bond acceptors (Lipinski definition) is 7. The van der Waals surface area contributed by atoms with E-state index in [1.807, 2.05) is 17.5 Å².